The Morgan fingerprint density at radius 2 is 1.60 bits per heavy atom. The highest BCUT2D eigenvalue weighted by molar-refractivity contribution is 6.46. The maximum Gasteiger partial charge on any atom is 0.295 e. The molecule has 0 spiro atoms. The molecular formula is C30H31NO4. The van der Waals surface area contributed by atoms with Crippen LogP contribution in [0.15, 0.2) is 84.4 Å². The van der Waals surface area contributed by atoms with Crippen LogP contribution in [0.2, 0.25) is 0 Å². The van der Waals surface area contributed by atoms with Crippen LogP contribution in [0.3, 0.4) is 0 Å². The van der Waals surface area contributed by atoms with Gasteiger partial charge in [-0.3, -0.25) is 9.59 Å². The second-order valence-electron chi connectivity index (χ2n) is 9.01. The fraction of sp³-hybridized carbons (Fsp3) is 0.267. The third-order valence-electron chi connectivity index (χ3n) is 6.38. The minimum absolute atomic E-state index is 0.115. The molecule has 0 aliphatic carbocycles. The van der Waals surface area contributed by atoms with Gasteiger partial charge in [0, 0.05) is 12.1 Å². The van der Waals surface area contributed by atoms with E-state index in [1.807, 2.05) is 61.5 Å². The van der Waals surface area contributed by atoms with Crippen LogP contribution in [0.5, 0.6) is 5.75 Å². The van der Waals surface area contributed by atoms with Crippen molar-refractivity contribution in [2.24, 2.45) is 0 Å². The highest BCUT2D eigenvalue weighted by Gasteiger charge is 2.45. The summed E-state index contributed by atoms with van der Waals surface area (Å²) in [4.78, 5) is 28.0. The number of ether oxygens (including phenoxy) is 1. The molecular weight excluding hydrogens is 438 g/mol. The molecule has 5 nitrogen and oxygen atoms in total. The average molecular weight is 470 g/mol. The molecule has 1 fully saturated rings. The van der Waals surface area contributed by atoms with Crippen LogP contribution in [0, 0.1) is 0 Å². The van der Waals surface area contributed by atoms with Gasteiger partial charge in [0.2, 0.25) is 0 Å². The molecule has 1 N–H and O–H groups in total. The fourth-order valence-corrected chi connectivity index (χ4v) is 4.45. The summed E-state index contributed by atoms with van der Waals surface area (Å²) >= 11 is 0. The maximum absolute atomic E-state index is 13.2. The average Bonchev–Trinajstić information content (AvgIpc) is 3.13. The second-order valence-corrected chi connectivity index (χ2v) is 9.01. The van der Waals surface area contributed by atoms with Gasteiger partial charge in [-0.05, 0) is 60.2 Å². The number of nitrogens with zero attached hydrogens (tertiary/aromatic N) is 1. The van der Waals surface area contributed by atoms with Crippen molar-refractivity contribution in [3.8, 4) is 5.75 Å². The Hall–Kier alpha value is -3.86. The van der Waals surface area contributed by atoms with Gasteiger partial charge in [0.15, 0.2) is 0 Å². The third kappa shape index (κ3) is 5.14. The van der Waals surface area contributed by atoms with Crippen molar-refractivity contribution in [1.82, 2.24) is 4.90 Å². The molecule has 3 aromatic rings. The number of likely N-dealkylation sites (tertiary alicyclic amines) is 1. The van der Waals surface area contributed by atoms with Crippen LogP contribution < -0.4 is 4.74 Å². The Bertz CT molecular complexity index is 1210. The molecule has 0 radical (unpaired) electrons. The van der Waals surface area contributed by atoms with Gasteiger partial charge in [-0.1, -0.05) is 68.4 Å². The molecule has 0 bridgehead atoms. The first kappa shape index (κ1) is 24.3. The number of aliphatic hydroxyl groups excluding tert-OH is 1. The van der Waals surface area contributed by atoms with Gasteiger partial charge in [-0.2, -0.15) is 0 Å². The monoisotopic (exact) mass is 469 g/mol. The summed E-state index contributed by atoms with van der Waals surface area (Å²) in [5, 5.41) is 11.2. The molecule has 35 heavy (non-hydrogen) atoms. The molecule has 1 atom stereocenters. The van der Waals surface area contributed by atoms with E-state index in [9.17, 15) is 14.7 Å². The lowest BCUT2D eigenvalue weighted by atomic mass is 9.93. The van der Waals surface area contributed by atoms with Crippen LogP contribution in [0.25, 0.3) is 5.76 Å². The van der Waals surface area contributed by atoms with E-state index in [-0.39, 0.29) is 11.3 Å². The van der Waals surface area contributed by atoms with Crippen LogP contribution in [-0.4, -0.2) is 34.8 Å². The molecule has 1 amide bonds. The Labute approximate surface area is 206 Å². The van der Waals surface area contributed by atoms with Crippen molar-refractivity contribution in [3.63, 3.8) is 0 Å². The van der Waals surface area contributed by atoms with Gasteiger partial charge in [0.1, 0.15) is 11.5 Å². The molecule has 0 saturated carbocycles. The molecule has 4 rings (SSSR count). The smallest absolute Gasteiger partial charge is 0.295 e. The first-order valence-electron chi connectivity index (χ1n) is 12.1. The molecule has 5 heteroatoms. The van der Waals surface area contributed by atoms with E-state index < -0.39 is 17.7 Å². The van der Waals surface area contributed by atoms with E-state index in [2.05, 4.69) is 13.8 Å². The van der Waals surface area contributed by atoms with Gasteiger partial charge in [-0.25, -0.2) is 0 Å². The third-order valence-corrected chi connectivity index (χ3v) is 6.38. The number of hydrogen-bond acceptors (Lipinski definition) is 4. The van der Waals surface area contributed by atoms with Crippen LogP contribution >= 0.6 is 0 Å². The molecule has 0 aromatic heterocycles. The maximum atomic E-state index is 13.2. The first-order chi connectivity index (χ1) is 16.9. The standard InChI is InChI=1S/C30H31NO4/c1-4-35-25-16-14-24(15-17-25)28(32)26-27(23-12-10-22(11-13-23)20(2)3)31(30(34)29(26)33)19-18-21-8-6-5-7-9-21/h5-17,20,27,32H,4,18-19H2,1-3H3/b28-26-. The number of hydrogen-bond donors (Lipinski definition) is 1. The Balaban J connectivity index is 1.75. The van der Waals surface area contributed by atoms with Gasteiger partial charge in [0.05, 0.1) is 18.2 Å². The normalized spacial score (nSPS) is 17.3. The van der Waals surface area contributed by atoms with Crippen molar-refractivity contribution in [2.45, 2.75) is 39.2 Å². The summed E-state index contributed by atoms with van der Waals surface area (Å²) in [5.41, 5.74) is 3.63. The zero-order chi connectivity index (χ0) is 24.9. The summed E-state index contributed by atoms with van der Waals surface area (Å²) in [5.74, 6) is -0.397. The van der Waals surface area contributed by atoms with Crippen LogP contribution in [0.4, 0.5) is 0 Å². The summed E-state index contributed by atoms with van der Waals surface area (Å²) in [7, 11) is 0. The van der Waals surface area contributed by atoms with E-state index in [1.165, 1.54) is 5.56 Å². The van der Waals surface area contributed by atoms with Crippen molar-refractivity contribution in [3.05, 3.63) is 107 Å². The van der Waals surface area contributed by atoms with Crippen molar-refractivity contribution < 1.29 is 19.4 Å². The fourth-order valence-electron chi connectivity index (χ4n) is 4.45. The number of benzene rings is 3. The number of amides is 1. The Morgan fingerprint density at radius 3 is 2.20 bits per heavy atom. The number of carbonyl (C=O) groups excluding carboxylic acids is 2. The van der Waals surface area contributed by atoms with E-state index in [0.717, 1.165) is 11.1 Å². The number of rotatable bonds is 8. The highest BCUT2D eigenvalue weighted by Crippen LogP contribution is 2.40. The number of aliphatic hydroxyl groups is 1. The van der Waals surface area contributed by atoms with Gasteiger partial charge >= 0.3 is 0 Å². The first-order valence-corrected chi connectivity index (χ1v) is 12.1. The number of Topliss-reactive ketones (excluding diaryl/α,β-unsaturated/α-hetero) is 1. The lowest BCUT2D eigenvalue weighted by Gasteiger charge is -2.26. The van der Waals surface area contributed by atoms with Gasteiger partial charge in [-0.15, -0.1) is 0 Å². The largest absolute Gasteiger partial charge is 0.507 e. The Morgan fingerprint density at radius 1 is 0.943 bits per heavy atom. The van der Waals surface area contributed by atoms with E-state index in [0.29, 0.717) is 36.8 Å². The highest BCUT2D eigenvalue weighted by atomic mass is 16.5. The molecule has 3 aromatic carbocycles. The zero-order valence-electron chi connectivity index (χ0n) is 20.4. The van der Waals surface area contributed by atoms with Crippen molar-refractivity contribution in [2.75, 3.05) is 13.2 Å². The molecule has 1 aliphatic rings. The molecule has 1 heterocycles. The predicted octanol–water partition coefficient (Wildman–Crippen LogP) is 5.87. The zero-order valence-corrected chi connectivity index (χ0v) is 20.4. The molecule has 180 valence electrons. The SMILES string of the molecule is CCOc1ccc(/C(O)=C2/C(=O)C(=O)N(CCc3ccccc3)C2c2ccc(C(C)C)cc2)cc1. The van der Waals surface area contributed by atoms with Crippen LogP contribution in [0.1, 0.15) is 55.0 Å². The number of carbonyl (C=O) groups is 2. The van der Waals surface area contributed by atoms with E-state index in [1.54, 1.807) is 29.2 Å². The van der Waals surface area contributed by atoms with E-state index in [4.69, 9.17) is 4.74 Å². The minimum atomic E-state index is -0.664. The lowest BCUT2D eigenvalue weighted by Crippen LogP contribution is -2.31. The predicted molar refractivity (Wildman–Crippen MR) is 137 cm³/mol. The minimum Gasteiger partial charge on any atom is -0.507 e. The number of ketones is 1. The van der Waals surface area contributed by atoms with Crippen molar-refractivity contribution in [1.29, 1.82) is 0 Å². The van der Waals surface area contributed by atoms with Gasteiger partial charge in [0.25, 0.3) is 11.7 Å². The molecule has 1 aliphatic heterocycles. The van der Waals surface area contributed by atoms with E-state index >= 15 is 0 Å². The summed E-state index contributed by atoms with van der Waals surface area (Å²) < 4.78 is 5.49. The van der Waals surface area contributed by atoms with Crippen LogP contribution in [-0.2, 0) is 16.0 Å². The summed E-state index contributed by atoms with van der Waals surface area (Å²) in [6, 6.07) is 24.1. The lowest BCUT2D eigenvalue weighted by molar-refractivity contribution is -0.139. The molecule has 1 unspecified atom stereocenters. The summed E-state index contributed by atoms with van der Waals surface area (Å²) in [6.45, 7) is 7.03. The topological polar surface area (TPSA) is 66.8 Å². The van der Waals surface area contributed by atoms with Crippen molar-refractivity contribution >= 4 is 17.4 Å². The second kappa shape index (κ2) is 10.6. The molecule has 1 saturated heterocycles. The summed E-state index contributed by atoms with van der Waals surface area (Å²) in [6.07, 6.45) is 0.609. The Kier molecular flexibility index (Phi) is 7.35. The van der Waals surface area contributed by atoms with Gasteiger partial charge < -0.3 is 14.7 Å². The quantitative estimate of drug-likeness (QED) is 0.254.